The van der Waals surface area contributed by atoms with Gasteiger partial charge in [-0.2, -0.15) is 15.0 Å². The normalized spacial score (nSPS) is 19.0. The number of hydrogen-bond donors (Lipinski definition) is 2. The second kappa shape index (κ2) is 8.10. The van der Waals surface area contributed by atoms with Crippen molar-refractivity contribution in [3.05, 3.63) is 66.0 Å². The Morgan fingerprint density at radius 2 is 1.82 bits per heavy atom. The molecule has 1 atom stereocenters. The van der Waals surface area contributed by atoms with E-state index in [1.54, 1.807) is 24.3 Å². The number of aromatic nitrogens is 3. The third-order valence-corrected chi connectivity index (χ3v) is 5.93. The zero-order chi connectivity index (χ0) is 23.9. The quantitative estimate of drug-likeness (QED) is 0.546. The molecule has 1 unspecified atom stereocenters. The fraction of sp³-hybridized carbons (Fsp3) is 0.217. The number of esters is 1. The first-order chi connectivity index (χ1) is 16.4. The minimum absolute atomic E-state index is 0.0470. The van der Waals surface area contributed by atoms with Crippen molar-refractivity contribution >= 4 is 41.1 Å². The number of hydrogen-bond acceptors (Lipinski definition) is 9. The number of amides is 2. The number of nitrogens with one attached hydrogen (secondary N) is 1. The predicted octanol–water partition coefficient (Wildman–Crippen LogP) is 1.85. The Morgan fingerprint density at radius 1 is 1.09 bits per heavy atom. The molecule has 0 bridgehead atoms. The number of nitrogens with zero attached hydrogens (tertiary/aromatic N) is 5. The van der Waals surface area contributed by atoms with Crippen molar-refractivity contribution in [2.75, 3.05) is 23.0 Å². The molecule has 2 aromatic carbocycles. The molecule has 11 heteroatoms. The minimum Gasteiger partial charge on any atom is -0.454 e. The number of nitrogen functional groups attached to an aromatic ring is 1. The Morgan fingerprint density at radius 3 is 2.62 bits per heavy atom. The van der Waals surface area contributed by atoms with E-state index in [0.717, 1.165) is 5.69 Å². The van der Waals surface area contributed by atoms with E-state index in [-0.39, 0.29) is 49.0 Å². The van der Waals surface area contributed by atoms with Gasteiger partial charge < -0.3 is 20.7 Å². The first-order valence-electron chi connectivity index (χ1n) is 10.6. The third-order valence-electron chi connectivity index (χ3n) is 5.93. The first kappa shape index (κ1) is 21.3. The molecule has 0 radical (unpaired) electrons. The molecule has 1 fully saturated rings. The van der Waals surface area contributed by atoms with Crippen molar-refractivity contribution in [3.8, 4) is 0 Å². The number of benzene rings is 2. The summed E-state index contributed by atoms with van der Waals surface area (Å²) in [7, 11) is 1.49. The van der Waals surface area contributed by atoms with E-state index in [1.165, 1.54) is 16.8 Å². The summed E-state index contributed by atoms with van der Waals surface area (Å²) in [5.41, 5.74) is 5.72. The molecule has 0 saturated carbocycles. The fourth-order valence-corrected chi connectivity index (χ4v) is 4.35. The van der Waals surface area contributed by atoms with Crippen LogP contribution in [-0.4, -0.2) is 50.3 Å². The van der Waals surface area contributed by atoms with Gasteiger partial charge in [-0.1, -0.05) is 30.3 Å². The molecule has 11 nitrogen and oxygen atoms in total. The summed E-state index contributed by atoms with van der Waals surface area (Å²) in [6, 6.07) is 15.9. The van der Waals surface area contributed by atoms with Crippen LogP contribution in [0.2, 0.25) is 0 Å². The van der Waals surface area contributed by atoms with Gasteiger partial charge in [-0.25, -0.2) is 4.79 Å². The molecule has 5 rings (SSSR count). The highest BCUT2D eigenvalue weighted by Gasteiger charge is 2.60. The summed E-state index contributed by atoms with van der Waals surface area (Å²) in [5, 5.41) is 3.01. The van der Waals surface area contributed by atoms with Crippen LogP contribution in [0.5, 0.6) is 0 Å². The van der Waals surface area contributed by atoms with Gasteiger partial charge in [0, 0.05) is 25.6 Å². The summed E-state index contributed by atoms with van der Waals surface area (Å²) < 4.78 is 5.55. The van der Waals surface area contributed by atoms with Crippen LogP contribution in [0.15, 0.2) is 54.6 Å². The topological polar surface area (TPSA) is 144 Å². The van der Waals surface area contributed by atoms with Crippen molar-refractivity contribution in [1.82, 2.24) is 19.9 Å². The van der Waals surface area contributed by atoms with Crippen LogP contribution >= 0.6 is 0 Å². The van der Waals surface area contributed by atoms with Crippen LogP contribution in [0.3, 0.4) is 0 Å². The van der Waals surface area contributed by atoms with E-state index in [1.807, 2.05) is 30.3 Å². The summed E-state index contributed by atoms with van der Waals surface area (Å²) in [4.78, 5) is 54.2. The van der Waals surface area contributed by atoms with Gasteiger partial charge in [-0.3, -0.25) is 14.5 Å². The van der Waals surface area contributed by atoms with Crippen LogP contribution in [0.4, 0.5) is 23.3 Å². The van der Waals surface area contributed by atoms with Crippen LogP contribution in [0.1, 0.15) is 29.0 Å². The Labute approximate surface area is 194 Å². The number of carbonyl (C=O) groups is 3. The smallest absolute Gasteiger partial charge is 0.354 e. The van der Waals surface area contributed by atoms with Crippen molar-refractivity contribution < 1.29 is 19.1 Å². The maximum absolute atomic E-state index is 13.4. The summed E-state index contributed by atoms with van der Waals surface area (Å²) in [6.45, 7) is -0.317. The van der Waals surface area contributed by atoms with E-state index >= 15 is 0 Å². The number of ether oxygens (including phenoxy) is 1. The van der Waals surface area contributed by atoms with Crippen molar-refractivity contribution in [2.24, 2.45) is 0 Å². The molecule has 2 aliphatic heterocycles. The van der Waals surface area contributed by atoms with Gasteiger partial charge in [-0.15, -0.1) is 0 Å². The summed E-state index contributed by atoms with van der Waals surface area (Å²) >= 11 is 0. The third kappa shape index (κ3) is 3.38. The molecule has 3 N–H and O–H groups in total. The molecule has 0 aliphatic carbocycles. The zero-order valence-corrected chi connectivity index (χ0v) is 18.3. The predicted molar refractivity (Wildman–Crippen MR) is 122 cm³/mol. The fourth-order valence-electron chi connectivity index (χ4n) is 4.35. The Bertz CT molecular complexity index is 1300. The van der Waals surface area contributed by atoms with Crippen LogP contribution < -0.4 is 16.0 Å². The van der Waals surface area contributed by atoms with E-state index in [2.05, 4.69) is 20.3 Å². The lowest BCUT2D eigenvalue weighted by Gasteiger charge is -2.46. The van der Waals surface area contributed by atoms with E-state index in [0.29, 0.717) is 11.3 Å². The van der Waals surface area contributed by atoms with E-state index < -0.39 is 11.6 Å². The highest BCUT2D eigenvalue weighted by molar-refractivity contribution is 6.15. The molecule has 2 amide bonds. The number of anilines is 4. The summed E-state index contributed by atoms with van der Waals surface area (Å²) in [5.74, 6) is -1.11. The van der Waals surface area contributed by atoms with Crippen LogP contribution in [-0.2, 0) is 20.9 Å². The minimum atomic E-state index is -1.58. The highest BCUT2D eigenvalue weighted by atomic mass is 16.5. The Balaban J connectivity index is 1.40. The van der Waals surface area contributed by atoms with Gasteiger partial charge in [0.05, 0.1) is 11.3 Å². The lowest BCUT2D eigenvalue weighted by Crippen LogP contribution is -2.67. The number of likely N-dealkylation sites (N-methyl/N-ethyl adjacent to an activating group) is 1. The summed E-state index contributed by atoms with van der Waals surface area (Å²) in [6.07, 6.45) is 0.215. The molecular formula is C23H21N7O4. The molecule has 2 aliphatic rings. The average molecular weight is 459 g/mol. The van der Waals surface area contributed by atoms with Gasteiger partial charge in [0.1, 0.15) is 0 Å². The molecule has 3 aromatic rings. The molecule has 1 aromatic heterocycles. The monoisotopic (exact) mass is 459 g/mol. The molecule has 0 spiro atoms. The highest BCUT2D eigenvalue weighted by Crippen LogP contribution is 2.44. The van der Waals surface area contributed by atoms with Crippen molar-refractivity contribution in [3.63, 3.8) is 0 Å². The lowest BCUT2D eigenvalue weighted by molar-refractivity contribution is -0.158. The van der Waals surface area contributed by atoms with E-state index in [4.69, 9.17) is 10.5 Å². The Hall–Kier alpha value is -4.54. The van der Waals surface area contributed by atoms with Gasteiger partial charge in [0.15, 0.2) is 12.4 Å². The molecule has 172 valence electrons. The second-order valence-electron chi connectivity index (χ2n) is 7.93. The second-order valence-corrected chi connectivity index (χ2v) is 7.93. The molecule has 34 heavy (non-hydrogen) atoms. The first-order valence-corrected chi connectivity index (χ1v) is 10.6. The number of rotatable bonds is 5. The molecular weight excluding hydrogens is 438 g/mol. The number of para-hydroxylation sites is 2. The van der Waals surface area contributed by atoms with Crippen molar-refractivity contribution in [1.29, 1.82) is 0 Å². The van der Waals surface area contributed by atoms with Crippen LogP contribution in [0.25, 0.3) is 0 Å². The zero-order valence-electron chi connectivity index (χ0n) is 18.3. The average Bonchev–Trinajstić information content (AvgIpc) is 3.20. The standard InChI is InChI=1S/C23H21N7O4/c1-29-19(32)15-9-5-6-10-16(15)30-18(31)11-12-23(29,30)20(33)34-13-17-26-21(24)28-22(27-17)25-14-7-3-2-4-8-14/h2-10H,11-13H2,1H3,(H3,24,25,26,27,28). The Kier molecular flexibility index (Phi) is 5.08. The maximum Gasteiger partial charge on any atom is 0.354 e. The molecule has 1 saturated heterocycles. The molecule has 3 heterocycles. The van der Waals surface area contributed by atoms with Crippen molar-refractivity contribution in [2.45, 2.75) is 25.1 Å². The number of carbonyl (C=O) groups excluding carboxylic acids is 3. The van der Waals surface area contributed by atoms with Crippen LogP contribution in [0, 0.1) is 0 Å². The number of fused-ring (bicyclic) bond motifs is 3. The largest absolute Gasteiger partial charge is 0.454 e. The van der Waals surface area contributed by atoms with Gasteiger partial charge in [0.2, 0.25) is 23.5 Å². The van der Waals surface area contributed by atoms with Gasteiger partial charge in [0.25, 0.3) is 5.91 Å². The lowest BCUT2D eigenvalue weighted by atomic mass is 9.97. The van der Waals surface area contributed by atoms with Gasteiger partial charge in [-0.05, 0) is 24.3 Å². The number of nitrogens with two attached hydrogens (primary N) is 1. The van der Waals surface area contributed by atoms with Gasteiger partial charge >= 0.3 is 5.97 Å². The van der Waals surface area contributed by atoms with E-state index in [9.17, 15) is 14.4 Å². The maximum atomic E-state index is 13.4. The SMILES string of the molecule is CN1C(=O)c2ccccc2N2C(=O)CCC12C(=O)OCc1nc(N)nc(Nc2ccccc2)n1.